The second kappa shape index (κ2) is 4.37. The Kier molecular flexibility index (Phi) is 3.48. The smallest absolute Gasteiger partial charge is 0.465 e. The van der Waals surface area contributed by atoms with E-state index < -0.39 is 27.9 Å². The number of halogens is 3. The molecule has 0 fully saturated rings. The highest BCUT2D eigenvalue weighted by Crippen LogP contribution is 2.27. The molecule has 0 saturated carbocycles. The van der Waals surface area contributed by atoms with Gasteiger partial charge in [0.15, 0.2) is 6.23 Å². The van der Waals surface area contributed by atoms with Crippen molar-refractivity contribution in [2.24, 2.45) is 0 Å². The van der Waals surface area contributed by atoms with Gasteiger partial charge < -0.3 is 5.11 Å². The van der Waals surface area contributed by atoms with Crippen molar-refractivity contribution in [3.8, 4) is 0 Å². The minimum Gasteiger partial charge on any atom is -0.465 e. The Morgan fingerprint density at radius 2 is 1.94 bits per heavy atom. The van der Waals surface area contributed by atoms with E-state index in [1.165, 1.54) is 6.08 Å². The Morgan fingerprint density at radius 1 is 1.35 bits per heavy atom. The molecule has 0 radical (unpaired) electrons. The van der Waals surface area contributed by atoms with Gasteiger partial charge in [0, 0.05) is 6.20 Å². The summed E-state index contributed by atoms with van der Waals surface area (Å²) in [7, 11) is -5.85. The first kappa shape index (κ1) is 13.5. The largest absolute Gasteiger partial charge is 0.523 e. The minimum atomic E-state index is -5.85. The molecule has 0 spiro atoms. The van der Waals surface area contributed by atoms with E-state index >= 15 is 0 Å². The highest BCUT2D eigenvalue weighted by Gasteiger charge is 2.49. The van der Waals surface area contributed by atoms with Gasteiger partial charge in [-0.15, -0.1) is 0 Å². The van der Waals surface area contributed by atoms with E-state index in [0.717, 1.165) is 18.4 Å². The molecule has 17 heavy (non-hydrogen) atoms. The van der Waals surface area contributed by atoms with Crippen molar-refractivity contribution in [3.63, 3.8) is 0 Å². The number of nitrogens with zero attached hydrogens (tertiary/aromatic N) is 1. The first-order valence-corrected chi connectivity index (χ1v) is 5.42. The molecule has 0 aromatic carbocycles. The van der Waals surface area contributed by atoms with Crippen LogP contribution in [0.2, 0.25) is 0 Å². The topological polar surface area (TPSA) is 83.9 Å². The van der Waals surface area contributed by atoms with Crippen LogP contribution >= 0.6 is 0 Å². The highest BCUT2D eigenvalue weighted by molar-refractivity contribution is 7.87. The van der Waals surface area contributed by atoms with E-state index in [9.17, 15) is 26.4 Å². The molecule has 1 rings (SSSR count). The van der Waals surface area contributed by atoms with Crippen LogP contribution in [0.5, 0.6) is 0 Å². The van der Waals surface area contributed by atoms with Crippen LogP contribution in [0.4, 0.5) is 18.0 Å². The quantitative estimate of drug-likeness (QED) is 0.604. The van der Waals surface area contributed by atoms with Crippen LogP contribution in [0.25, 0.3) is 0 Å². The van der Waals surface area contributed by atoms with Gasteiger partial charge in [0.2, 0.25) is 0 Å². The summed E-state index contributed by atoms with van der Waals surface area (Å²) in [6.07, 6.45) is 0.581. The van der Waals surface area contributed by atoms with Crippen LogP contribution in [0, 0.1) is 0 Å². The average Bonchev–Trinajstić information content (AvgIpc) is 2.15. The molecule has 0 aliphatic carbocycles. The first-order valence-electron chi connectivity index (χ1n) is 4.01. The van der Waals surface area contributed by atoms with Crippen LogP contribution in [-0.2, 0) is 14.3 Å². The van der Waals surface area contributed by atoms with Gasteiger partial charge in [-0.2, -0.15) is 21.6 Å². The maximum Gasteiger partial charge on any atom is 0.523 e. The lowest BCUT2D eigenvalue weighted by Gasteiger charge is -2.25. The summed E-state index contributed by atoms with van der Waals surface area (Å²) in [6.45, 7) is 0. The third-order valence-electron chi connectivity index (χ3n) is 1.64. The summed E-state index contributed by atoms with van der Waals surface area (Å²) >= 11 is 0. The molecular weight excluding hydrogens is 267 g/mol. The summed E-state index contributed by atoms with van der Waals surface area (Å²) in [5.41, 5.74) is -5.60. The monoisotopic (exact) mass is 273 g/mol. The van der Waals surface area contributed by atoms with Crippen molar-refractivity contribution in [1.29, 1.82) is 0 Å². The van der Waals surface area contributed by atoms with Gasteiger partial charge in [-0.05, 0) is 12.2 Å². The molecule has 6 nitrogen and oxygen atoms in total. The van der Waals surface area contributed by atoms with Crippen LogP contribution in [0.1, 0.15) is 0 Å². The summed E-state index contributed by atoms with van der Waals surface area (Å²) < 4.78 is 61.1. The molecule has 0 saturated heterocycles. The van der Waals surface area contributed by atoms with E-state index in [-0.39, 0.29) is 4.90 Å². The number of carbonyl (C=O) groups is 1. The molecule has 0 bridgehead atoms. The maximum atomic E-state index is 12.0. The molecule has 1 unspecified atom stereocenters. The molecule has 1 atom stereocenters. The van der Waals surface area contributed by atoms with E-state index in [2.05, 4.69) is 4.18 Å². The Balaban J connectivity index is 2.92. The Hall–Kier alpha value is -1.55. The molecule has 1 amide bonds. The van der Waals surface area contributed by atoms with E-state index in [1.54, 1.807) is 0 Å². The second-order valence-corrected chi connectivity index (χ2v) is 4.37. The van der Waals surface area contributed by atoms with Crippen molar-refractivity contribution in [3.05, 3.63) is 24.4 Å². The second-order valence-electron chi connectivity index (χ2n) is 2.80. The van der Waals surface area contributed by atoms with Crippen LogP contribution in [0.3, 0.4) is 0 Å². The predicted octanol–water partition coefficient (Wildman–Crippen LogP) is 1.24. The lowest BCUT2D eigenvalue weighted by atomic mass is 10.3. The molecule has 1 aliphatic rings. The molecule has 0 aromatic heterocycles. The van der Waals surface area contributed by atoms with Crippen molar-refractivity contribution in [2.75, 3.05) is 0 Å². The molecular formula is C7H6F3NO5S. The van der Waals surface area contributed by atoms with E-state index in [0.29, 0.717) is 0 Å². The van der Waals surface area contributed by atoms with Gasteiger partial charge in [0.25, 0.3) is 0 Å². The predicted molar refractivity (Wildman–Crippen MR) is 48.0 cm³/mol. The number of amides is 1. The minimum absolute atomic E-state index is 0.281. The van der Waals surface area contributed by atoms with E-state index in [1.807, 2.05) is 0 Å². The summed E-state index contributed by atoms with van der Waals surface area (Å²) in [5, 5.41) is 8.59. The number of carboxylic acid groups (broad SMARTS) is 1. The molecule has 0 aromatic rings. The van der Waals surface area contributed by atoms with E-state index in [4.69, 9.17) is 5.11 Å². The zero-order valence-electron chi connectivity index (χ0n) is 7.96. The number of alkyl halides is 3. The Morgan fingerprint density at radius 3 is 2.41 bits per heavy atom. The van der Waals surface area contributed by atoms with Gasteiger partial charge in [-0.25, -0.2) is 8.98 Å². The van der Waals surface area contributed by atoms with Crippen molar-refractivity contribution in [1.82, 2.24) is 4.90 Å². The Labute approximate surface area is 93.7 Å². The van der Waals surface area contributed by atoms with Crippen molar-refractivity contribution in [2.45, 2.75) is 11.7 Å². The van der Waals surface area contributed by atoms with Gasteiger partial charge in [-0.3, -0.25) is 4.90 Å². The number of rotatable bonds is 2. The third kappa shape index (κ3) is 2.97. The van der Waals surface area contributed by atoms with Crippen molar-refractivity contribution >= 4 is 16.2 Å². The fourth-order valence-electron chi connectivity index (χ4n) is 0.915. The Bertz CT molecular complexity index is 466. The molecule has 96 valence electrons. The number of hydrogen-bond donors (Lipinski definition) is 1. The fraction of sp³-hybridized carbons (Fsp3) is 0.286. The van der Waals surface area contributed by atoms with Crippen molar-refractivity contribution < 1.29 is 35.7 Å². The van der Waals surface area contributed by atoms with Crippen LogP contribution in [0.15, 0.2) is 24.4 Å². The molecule has 1 N–H and O–H groups in total. The lowest BCUT2D eigenvalue weighted by Crippen LogP contribution is -2.41. The lowest BCUT2D eigenvalue weighted by molar-refractivity contribution is -0.0599. The SMILES string of the molecule is O=C(O)N1C=CC=CC1OS(=O)(=O)C(F)(F)F. The maximum absolute atomic E-state index is 12.0. The normalized spacial score (nSPS) is 20.6. The van der Waals surface area contributed by atoms with Gasteiger partial charge in [0.1, 0.15) is 0 Å². The first-order chi connectivity index (χ1) is 7.65. The molecule has 1 heterocycles. The van der Waals surface area contributed by atoms with Gasteiger partial charge >= 0.3 is 21.7 Å². The zero-order valence-corrected chi connectivity index (χ0v) is 8.77. The molecule has 1 aliphatic heterocycles. The summed E-state index contributed by atoms with van der Waals surface area (Å²) in [4.78, 5) is 10.9. The standard InChI is InChI=1S/C7H6F3NO5S/c8-7(9,10)17(14,15)16-5-3-1-2-4-11(5)6(12)13/h1-5H,(H,12,13). The van der Waals surface area contributed by atoms with Crippen LogP contribution in [-0.4, -0.2) is 36.3 Å². The highest BCUT2D eigenvalue weighted by atomic mass is 32.2. The summed E-state index contributed by atoms with van der Waals surface area (Å²) in [6, 6.07) is 0. The van der Waals surface area contributed by atoms with Crippen LogP contribution < -0.4 is 0 Å². The molecule has 10 heteroatoms. The van der Waals surface area contributed by atoms with Gasteiger partial charge in [-0.1, -0.05) is 6.08 Å². The third-order valence-corrected chi connectivity index (χ3v) is 2.65. The summed E-state index contributed by atoms with van der Waals surface area (Å²) in [5.74, 6) is 0. The zero-order chi connectivity index (χ0) is 13.3. The fourth-order valence-corrected chi connectivity index (χ4v) is 1.44. The number of allylic oxidation sites excluding steroid dienone is 2. The average molecular weight is 273 g/mol. The van der Waals surface area contributed by atoms with Gasteiger partial charge in [0.05, 0.1) is 0 Å². The number of hydrogen-bond acceptors (Lipinski definition) is 4.